The molecule has 0 spiro atoms. The van der Waals surface area contributed by atoms with E-state index in [1.165, 1.54) is 12.8 Å². The van der Waals surface area contributed by atoms with Gasteiger partial charge in [0, 0.05) is 25.9 Å². The number of aliphatic carboxylic acids is 1. The topological polar surface area (TPSA) is 71.2 Å². The van der Waals surface area contributed by atoms with Crippen LogP contribution in [0, 0.1) is 5.92 Å². The molecule has 0 amide bonds. The Morgan fingerprint density at radius 3 is 3.05 bits per heavy atom. The molecule has 0 saturated carbocycles. The van der Waals surface area contributed by atoms with E-state index < -0.39 is 5.97 Å². The third-order valence-corrected chi connectivity index (χ3v) is 4.44. The molecular weight excluding hydrogens is 256 g/mol. The predicted molar refractivity (Wildman–Crippen MR) is 73.2 cm³/mol. The molecule has 1 fully saturated rings. The molecule has 3 heterocycles. The number of fused-ring (bicyclic) bond motifs is 1. The molecule has 1 N–H and O–H groups in total. The van der Waals surface area contributed by atoms with Crippen LogP contribution in [0.4, 0.5) is 0 Å². The highest BCUT2D eigenvalue weighted by molar-refractivity contribution is 5.66. The minimum absolute atomic E-state index is 0.291. The van der Waals surface area contributed by atoms with Crippen LogP contribution in [0.2, 0.25) is 0 Å². The number of nitrogens with zero attached hydrogens (tertiary/aromatic N) is 4. The van der Waals surface area contributed by atoms with Gasteiger partial charge in [-0.2, -0.15) is 0 Å². The van der Waals surface area contributed by atoms with Gasteiger partial charge in [0.25, 0.3) is 0 Å². The summed E-state index contributed by atoms with van der Waals surface area (Å²) in [6, 6.07) is 0. The third-order valence-electron chi connectivity index (χ3n) is 4.44. The van der Waals surface area contributed by atoms with Crippen molar-refractivity contribution in [2.24, 2.45) is 5.92 Å². The van der Waals surface area contributed by atoms with Crippen molar-refractivity contribution in [2.45, 2.75) is 51.6 Å². The summed E-state index contributed by atoms with van der Waals surface area (Å²) in [6.45, 7) is 3.95. The lowest BCUT2D eigenvalue weighted by molar-refractivity contribution is -0.137. The lowest BCUT2D eigenvalue weighted by atomic mass is 10.0. The molecule has 110 valence electrons. The van der Waals surface area contributed by atoms with Gasteiger partial charge >= 0.3 is 5.97 Å². The standard InChI is InChI=1S/C14H22N4O2/c19-14(20)5-4-11-6-8-17(9-11)10-13-16-15-12-3-1-2-7-18(12)13/h11H,1-10H2,(H,19,20). The van der Waals surface area contributed by atoms with Crippen LogP contribution in [0.5, 0.6) is 0 Å². The van der Waals surface area contributed by atoms with E-state index in [1.54, 1.807) is 0 Å². The first-order valence-corrected chi connectivity index (χ1v) is 7.57. The summed E-state index contributed by atoms with van der Waals surface area (Å²) in [5.41, 5.74) is 0. The van der Waals surface area contributed by atoms with Crippen LogP contribution in [0.1, 0.15) is 43.8 Å². The van der Waals surface area contributed by atoms with Gasteiger partial charge in [-0.15, -0.1) is 10.2 Å². The third kappa shape index (κ3) is 3.00. The largest absolute Gasteiger partial charge is 0.481 e. The zero-order valence-electron chi connectivity index (χ0n) is 11.8. The van der Waals surface area contributed by atoms with E-state index in [-0.39, 0.29) is 0 Å². The lowest BCUT2D eigenvalue weighted by Crippen LogP contribution is -2.24. The van der Waals surface area contributed by atoms with Crippen molar-refractivity contribution in [3.05, 3.63) is 11.6 Å². The number of carbonyl (C=O) groups is 1. The first-order chi connectivity index (χ1) is 9.72. The van der Waals surface area contributed by atoms with Crippen LogP contribution >= 0.6 is 0 Å². The Hall–Kier alpha value is -1.43. The van der Waals surface area contributed by atoms with Crippen molar-refractivity contribution < 1.29 is 9.90 Å². The summed E-state index contributed by atoms with van der Waals surface area (Å²) in [4.78, 5) is 13.0. The number of likely N-dealkylation sites (tertiary alicyclic amines) is 1. The van der Waals surface area contributed by atoms with E-state index in [2.05, 4.69) is 19.7 Å². The van der Waals surface area contributed by atoms with Gasteiger partial charge in [0.15, 0.2) is 0 Å². The van der Waals surface area contributed by atoms with Crippen LogP contribution in [0.15, 0.2) is 0 Å². The molecular formula is C14H22N4O2. The van der Waals surface area contributed by atoms with Crippen molar-refractivity contribution in [1.29, 1.82) is 0 Å². The van der Waals surface area contributed by atoms with Gasteiger partial charge < -0.3 is 9.67 Å². The molecule has 1 aromatic heterocycles. The van der Waals surface area contributed by atoms with E-state index in [1.807, 2.05) is 0 Å². The molecule has 2 aliphatic heterocycles. The Balaban J connectivity index is 1.54. The smallest absolute Gasteiger partial charge is 0.303 e. The van der Waals surface area contributed by atoms with E-state index in [9.17, 15) is 4.79 Å². The Labute approximate surface area is 118 Å². The van der Waals surface area contributed by atoms with E-state index in [0.29, 0.717) is 12.3 Å². The molecule has 1 unspecified atom stereocenters. The van der Waals surface area contributed by atoms with E-state index >= 15 is 0 Å². The SMILES string of the molecule is O=C(O)CCC1CCN(Cc2nnc3n2CCCC3)C1. The molecule has 6 nitrogen and oxygen atoms in total. The summed E-state index contributed by atoms with van der Waals surface area (Å²) in [5.74, 6) is 2.05. The monoisotopic (exact) mass is 278 g/mol. The van der Waals surface area contributed by atoms with Gasteiger partial charge in [0.1, 0.15) is 11.6 Å². The zero-order valence-corrected chi connectivity index (χ0v) is 11.8. The van der Waals surface area contributed by atoms with Gasteiger partial charge in [-0.05, 0) is 38.1 Å². The number of aryl methyl sites for hydroxylation is 1. The molecule has 0 radical (unpaired) electrons. The number of rotatable bonds is 5. The number of aromatic nitrogens is 3. The average molecular weight is 278 g/mol. The fraction of sp³-hybridized carbons (Fsp3) is 0.786. The van der Waals surface area contributed by atoms with Gasteiger partial charge in [0.2, 0.25) is 0 Å². The Morgan fingerprint density at radius 2 is 2.20 bits per heavy atom. The maximum absolute atomic E-state index is 10.6. The van der Waals surface area contributed by atoms with E-state index in [4.69, 9.17) is 5.11 Å². The maximum atomic E-state index is 10.6. The first-order valence-electron chi connectivity index (χ1n) is 7.57. The van der Waals surface area contributed by atoms with Crippen molar-refractivity contribution in [1.82, 2.24) is 19.7 Å². The Morgan fingerprint density at radius 1 is 1.30 bits per heavy atom. The molecule has 1 saturated heterocycles. The van der Waals surface area contributed by atoms with Crippen molar-refractivity contribution in [3.8, 4) is 0 Å². The predicted octanol–water partition coefficient (Wildman–Crippen LogP) is 1.30. The highest BCUT2D eigenvalue weighted by Gasteiger charge is 2.25. The summed E-state index contributed by atoms with van der Waals surface area (Å²) in [7, 11) is 0. The summed E-state index contributed by atoms with van der Waals surface area (Å²) < 4.78 is 2.27. The fourth-order valence-corrected chi connectivity index (χ4v) is 3.31. The number of hydrogen-bond donors (Lipinski definition) is 1. The molecule has 0 bridgehead atoms. The van der Waals surface area contributed by atoms with Crippen LogP contribution in [-0.2, 0) is 24.3 Å². The average Bonchev–Trinajstić information content (AvgIpc) is 3.05. The minimum Gasteiger partial charge on any atom is -0.481 e. The van der Waals surface area contributed by atoms with Crippen molar-refractivity contribution >= 4 is 5.97 Å². The molecule has 0 aromatic carbocycles. The number of hydrogen-bond acceptors (Lipinski definition) is 4. The molecule has 0 aliphatic carbocycles. The molecule has 1 atom stereocenters. The quantitative estimate of drug-likeness (QED) is 0.879. The summed E-state index contributed by atoms with van der Waals surface area (Å²) >= 11 is 0. The van der Waals surface area contributed by atoms with Crippen LogP contribution in [0.3, 0.4) is 0 Å². The minimum atomic E-state index is -0.685. The van der Waals surface area contributed by atoms with E-state index in [0.717, 1.165) is 57.1 Å². The molecule has 20 heavy (non-hydrogen) atoms. The van der Waals surface area contributed by atoms with Crippen LogP contribution in [-0.4, -0.2) is 43.8 Å². The highest BCUT2D eigenvalue weighted by atomic mass is 16.4. The van der Waals surface area contributed by atoms with Crippen LogP contribution in [0.25, 0.3) is 0 Å². The molecule has 6 heteroatoms. The van der Waals surface area contributed by atoms with Gasteiger partial charge in [0.05, 0.1) is 6.54 Å². The fourth-order valence-electron chi connectivity index (χ4n) is 3.31. The van der Waals surface area contributed by atoms with Gasteiger partial charge in [-0.3, -0.25) is 9.69 Å². The summed E-state index contributed by atoms with van der Waals surface area (Å²) in [5, 5.41) is 17.4. The Bertz CT molecular complexity index is 486. The zero-order chi connectivity index (χ0) is 13.9. The summed E-state index contributed by atoms with van der Waals surface area (Å²) in [6.07, 6.45) is 5.68. The first kappa shape index (κ1) is 13.5. The second-order valence-corrected chi connectivity index (χ2v) is 5.96. The second-order valence-electron chi connectivity index (χ2n) is 5.96. The van der Waals surface area contributed by atoms with Gasteiger partial charge in [-0.1, -0.05) is 0 Å². The molecule has 1 aromatic rings. The number of carboxylic acids is 1. The lowest BCUT2D eigenvalue weighted by Gasteiger charge is -2.18. The highest BCUT2D eigenvalue weighted by Crippen LogP contribution is 2.23. The second kappa shape index (κ2) is 5.91. The molecule has 2 aliphatic rings. The van der Waals surface area contributed by atoms with Gasteiger partial charge in [-0.25, -0.2) is 0 Å². The Kier molecular flexibility index (Phi) is 4.00. The van der Waals surface area contributed by atoms with Crippen molar-refractivity contribution in [2.75, 3.05) is 13.1 Å². The molecule has 3 rings (SSSR count). The maximum Gasteiger partial charge on any atom is 0.303 e. The normalized spacial score (nSPS) is 22.9. The number of carboxylic acid groups (broad SMARTS) is 1. The van der Waals surface area contributed by atoms with Crippen molar-refractivity contribution in [3.63, 3.8) is 0 Å². The van der Waals surface area contributed by atoms with Crippen LogP contribution < -0.4 is 0 Å².